The number of nitrogens with zero attached hydrogens (tertiary/aromatic N) is 11. The molecule has 0 amide bonds. The smallest absolute Gasteiger partial charge is 0.160 e. The van der Waals surface area contributed by atoms with E-state index in [0.717, 1.165) is 129 Å². The quantitative estimate of drug-likeness (QED) is 0.108. The lowest BCUT2D eigenvalue weighted by molar-refractivity contribution is 1.13. The lowest BCUT2D eigenvalue weighted by Crippen LogP contribution is -2.00. The number of aromatic nitrogens is 11. The zero-order chi connectivity index (χ0) is 92.5. The van der Waals surface area contributed by atoms with Crippen molar-refractivity contribution in [3.63, 3.8) is 0 Å². The number of benzene rings is 18. The minimum Gasteiger partial charge on any atom is -0.309 e. The predicted molar refractivity (Wildman–Crippen MR) is 580 cm³/mol. The van der Waals surface area contributed by atoms with E-state index in [4.69, 9.17) is 19.9 Å². The van der Waals surface area contributed by atoms with Gasteiger partial charge in [-0.15, -0.1) is 0 Å². The van der Waals surface area contributed by atoms with Gasteiger partial charge < -0.3 is 27.2 Å². The Hall–Kier alpha value is -19.0. The summed E-state index contributed by atoms with van der Waals surface area (Å²) in [5.41, 5.74) is 36.1. The van der Waals surface area contributed by atoms with Crippen LogP contribution >= 0.6 is 0 Å². The van der Waals surface area contributed by atoms with Crippen LogP contribution in [0.4, 0.5) is 0 Å². The van der Waals surface area contributed by atoms with Crippen LogP contribution in [0.25, 0.3) is 244 Å². The molecule has 28 rings (SSSR count). The maximum Gasteiger partial charge on any atom is 0.160 e. The van der Waals surface area contributed by atoms with Gasteiger partial charge in [-0.05, 0) is 185 Å². The Morgan fingerprint density at radius 3 is 0.764 bits per heavy atom. The third-order valence-electron chi connectivity index (χ3n) is 27.2. The van der Waals surface area contributed by atoms with Crippen molar-refractivity contribution in [2.24, 2.45) is 0 Å². The highest BCUT2D eigenvalue weighted by Gasteiger charge is 2.24. The van der Waals surface area contributed by atoms with Crippen molar-refractivity contribution in [2.45, 2.75) is 0 Å². The van der Waals surface area contributed by atoms with E-state index >= 15 is 0 Å². The predicted octanol–water partition coefficient (Wildman–Crippen LogP) is 32.8. The van der Waals surface area contributed by atoms with E-state index in [0.29, 0.717) is 5.82 Å². The van der Waals surface area contributed by atoms with E-state index in [1.165, 1.54) is 109 Å². The topological polar surface area (TPSA) is 93.5 Å². The monoisotopic (exact) mass is 1790 g/mol. The summed E-state index contributed by atoms with van der Waals surface area (Å²) in [6.07, 6.45) is 5.92. The maximum atomic E-state index is 5.11. The SMILES string of the molecule is c1ccc(-c2cc(-c3ccc(-c4cc(-n5c6ccccc6c6ccccc65)cc(-n5c6ccccc6c6ccccc65)c4)cc3)cc(-c3ccccc3)n2)cc1.c1ccc(-c2nc(-c3ccc(-n4c5ccccc5c5ccccc54)cc3)cc(-c3ccccn3)n2)cc1.c1ccc2c(c1)c1ccccc1n2-c1cc(-c2ccc(-c3cn4ccccc4n3)cc2)cc(-n2c3ccccc3c3ccccc32)c1. The molecule has 0 unspecified atom stereocenters. The highest BCUT2D eigenvalue weighted by atomic mass is 15.0. The third-order valence-corrected chi connectivity index (χ3v) is 27.2. The average molecular weight is 1790 g/mol. The summed E-state index contributed by atoms with van der Waals surface area (Å²) in [5.74, 6) is 0.685. The molecule has 11 heteroatoms. The molecule has 0 atom stereocenters. The maximum absolute atomic E-state index is 5.11. The molecule has 0 saturated heterocycles. The zero-order valence-corrected chi connectivity index (χ0v) is 76.0. The molecule has 0 bridgehead atoms. The molecule has 11 nitrogen and oxygen atoms in total. The van der Waals surface area contributed by atoms with E-state index < -0.39 is 0 Å². The second kappa shape index (κ2) is 34.8. The molecule has 28 aromatic rings. The molecule has 0 spiro atoms. The van der Waals surface area contributed by atoms with E-state index in [-0.39, 0.29) is 0 Å². The van der Waals surface area contributed by atoms with Crippen molar-refractivity contribution in [3.05, 3.63) is 516 Å². The van der Waals surface area contributed by atoms with Crippen LogP contribution in [0.5, 0.6) is 0 Å². The highest BCUT2D eigenvalue weighted by Crippen LogP contribution is 2.44. The molecule has 10 heterocycles. The molecular formula is C129H85N11. The first-order valence-electron chi connectivity index (χ1n) is 47.4. The molecule has 656 valence electrons. The van der Waals surface area contributed by atoms with Crippen LogP contribution in [-0.2, 0) is 0 Å². The van der Waals surface area contributed by atoms with Gasteiger partial charge in [-0.3, -0.25) is 4.98 Å². The largest absolute Gasteiger partial charge is 0.309 e. The van der Waals surface area contributed by atoms with Crippen molar-refractivity contribution in [2.75, 3.05) is 0 Å². The van der Waals surface area contributed by atoms with Gasteiger partial charge in [-0.2, -0.15) is 0 Å². The van der Waals surface area contributed by atoms with Gasteiger partial charge in [-0.25, -0.2) is 19.9 Å². The Kier molecular flexibility index (Phi) is 20.3. The molecule has 0 N–H and O–H groups in total. The van der Waals surface area contributed by atoms with Crippen LogP contribution in [0.2, 0.25) is 0 Å². The van der Waals surface area contributed by atoms with E-state index in [1.54, 1.807) is 6.20 Å². The van der Waals surface area contributed by atoms with Crippen molar-refractivity contribution in [1.29, 1.82) is 0 Å². The minimum absolute atomic E-state index is 0.685. The Morgan fingerprint density at radius 2 is 0.421 bits per heavy atom. The highest BCUT2D eigenvalue weighted by molar-refractivity contribution is 6.14. The van der Waals surface area contributed by atoms with Gasteiger partial charge in [0.15, 0.2) is 5.82 Å². The van der Waals surface area contributed by atoms with Crippen molar-refractivity contribution >= 4 is 115 Å². The summed E-state index contributed by atoms with van der Waals surface area (Å²) in [6.45, 7) is 0. The van der Waals surface area contributed by atoms with Crippen molar-refractivity contribution in [3.8, 4) is 130 Å². The van der Waals surface area contributed by atoms with E-state index in [2.05, 4.69) is 451 Å². The minimum atomic E-state index is 0.685. The van der Waals surface area contributed by atoms with Crippen LogP contribution in [-0.4, -0.2) is 52.2 Å². The molecule has 0 aliphatic heterocycles. The second-order valence-corrected chi connectivity index (χ2v) is 35.5. The fourth-order valence-electron chi connectivity index (χ4n) is 20.8. The standard InChI is InChI=1S/C53H35N3.C43H28N4.C33H22N4/c1-3-15-38(16-4-1)48-33-41(34-49(54-48)39-17-5-2-6-18-39)37-29-27-36(28-30-37)40-31-42(55-50-23-11-7-19-44(50)45-20-8-12-24-51(45)55)35-43(32-40)56-52-25-13-9-21-46(52)47-22-10-14-26-53(47)56;1-5-15-39-34(11-1)35-12-2-6-16-40(35)46(39)32-25-31(29-20-22-30(23-21-29)38-28-45-24-10-9-19-43(45)44-38)26-33(27-32)47-41-17-7-3-13-36(41)37-14-4-8-18-42(37)47;1-2-10-24(11-3-1)33-35-29(22-30(36-33)28-14-8-9-21-34-28)23-17-19-25(20-18-23)37-31-15-6-4-12-26(31)27-13-5-7-16-32(27)37/h1-35H;1-28H;1-22H. The molecule has 0 fully saturated rings. The lowest BCUT2D eigenvalue weighted by atomic mass is 9.97. The van der Waals surface area contributed by atoms with Gasteiger partial charge in [0.1, 0.15) is 5.65 Å². The number of para-hydroxylation sites is 10. The number of rotatable bonds is 14. The zero-order valence-electron chi connectivity index (χ0n) is 76.0. The summed E-state index contributed by atoms with van der Waals surface area (Å²) in [6, 6.07) is 177. The van der Waals surface area contributed by atoms with Gasteiger partial charge >= 0.3 is 0 Å². The van der Waals surface area contributed by atoms with Crippen molar-refractivity contribution in [1.82, 2.24) is 52.2 Å². The lowest BCUT2D eigenvalue weighted by Gasteiger charge is -2.16. The third kappa shape index (κ3) is 14.7. The van der Waals surface area contributed by atoms with Crippen LogP contribution in [0.1, 0.15) is 0 Å². The summed E-state index contributed by atoms with van der Waals surface area (Å²) >= 11 is 0. The average Bonchev–Trinajstić information content (AvgIpc) is 1.58. The van der Waals surface area contributed by atoms with Gasteiger partial charge in [0, 0.05) is 129 Å². The number of pyridine rings is 3. The van der Waals surface area contributed by atoms with Crippen LogP contribution in [0.3, 0.4) is 0 Å². The van der Waals surface area contributed by atoms with Gasteiger partial charge in [-0.1, -0.05) is 346 Å². The molecule has 0 aliphatic rings. The fourth-order valence-corrected chi connectivity index (χ4v) is 20.8. The van der Waals surface area contributed by atoms with Crippen LogP contribution < -0.4 is 0 Å². The van der Waals surface area contributed by atoms with E-state index in [9.17, 15) is 0 Å². The van der Waals surface area contributed by atoms with Crippen LogP contribution in [0.15, 0.2) is 516 Å². The Balaban J connectivity index is 0.000000110. The molecule has 0 radical (unpaired) electrons. The van der Waals surface area contributed by atoms with Crippen molar-refractivity contribution < 1.29 is 0 Å². The normalized spacial score (nSPS) is 11.6. The number of hydrogen-bond donors (Lipinski definition) is 0. The Morgan fingerprint density at radius 1 is 0.150 bits per heavy atom. The van der Waals surface area contributed by atoms with Gasteiger partial charge in [0.05, 0.1) is 89.3 Å². The molecule has 0 aliphatic carbocycles. The molecule has 18 aromatic carbocycles. The first-order chi connectivity index (χ1) is 69.4. The first-order valence-corrected chi connectivity index (χ1v) is 47.4. The molecular weight excluding hydrogens is 1700 g/mol. The Bertz CT molecular complexity index is 8930. The van der Waals surface area contributed by atoms with Crippen LogP contribution in [0, 0.1) is 0 Å². The van der Waals surface area contributed by atoms with Gasteiger partial charge in [0.25, 0.3) is 0 Å². The first kappa shape index (κ1) is 81.8. The van der Waals surface area contributed by atoms with E-state index in [1.807, 2.05) is 91.1 Å². The number of imidazole rings is 1. The fraction of sp³-hybridized carbons (Fsp3) is 0. The number of hydrogen-bond acceptors (Lipinski definition) is 5. The summed E-state index contributed by atoms with van der Waals surface area (Å²) in [5, 5.41) is 12.5. The summed E-state index contributed by atoms with van der Waals surface area (Å²) < 4.78 is 14.1. The molecule has 0 saturated carbocycles. The summed E-state index contributed by atoms with van der Waals surface area (Å²) in [7, 11) is 0. The Labute approximate surface area is 806 Å². The second-order valence-electron chi connectivity index (χ2n) is 35.5. The molecule has 10 aromatic heterocycles. The molecule has 140 heavy (non-hydrogen) atoms. The van der Waals surface area contributed by atoms with Gasteiger partial charge in [0.2, 0.25) is 0 Å². The number of fused-ring (bicyclic) bond motifs is 16. The summed E-state index contributed by atoms with van der Waals surface area (Å²) in [4.78, 5) is 24.3.